The summed E-state index contributed by atoms with van der Waals surface area (Å²) in [6.07, 6.45) is 0.200. The number of carbonyl (C=O) groups excluding carboxylic acids is 1. The molecule has 0 radical (unpaired) electrons. The van der Waals surface area contributed by atoms with Crippen LogP contribution in [0.25, 0.3) is 16.8 Å². The lowest BCUT2D eigenvalue weighted by Gasteiger charge is -2.38. The number of carbonyl (C=O) groups is 1. The van der Waals surface area contributed by atoms with Crippen LogP contribution in [0.5, 0.6) is 5.75 Å². The van der Waals surface area contributed by atoms with E-state index in [0.717, 1.165) is 16.7 Å². The quantitative estimate of drug-likeness (QED) is 0.226. The fourth-order valence-electron chi connectivity index (χ4n) is 4.80. The van der Waals surface area contributed by atoms with Crippen molar-refractivity contribution in [3.05, 3.63) is 102 Å². The van der Waals surface area contributed by atoms with Crippen LogP contribution in [0.2, 0.25) is 0 Å². The van der Waals surface area contributed by atoms with Crippen molar-refractivity contribution in [3.8, 4) is 16.9 Å². The van der Waals surface area contributed by atoms with Crippen LogP contribution in [0, 0.1) is 5.82 Å². The molecule has 0 saturated carbocycles. The summed E-state index contributed by atoms with van der Waals surface area (Å²) in [6.45, 7) is 0.409. The first kappa shape index (κ1) is 27.3. The maximum absolute atomic E-state index is 13.2. The van der Waals surface area contributed by atoms with Crippen LogP contribution < -0.4 is 15.4 Å². The number of aliphatic hydroxyl groups excluding tert-OH is 1. The number of pyridine rings is 1. The van der Waals surface area contributed by atoms with Crippen LogP contribution in [-0.2, 0) is 11.2 Å². The van der Waals surface area contributed by atoms with Gasteiger partial charge >= 0.3 is 0 Å². The van der Waals surface area contributed by atoms with E-state index in [1.54, 1.807) is 39.7 Å². The molecule has 42 heavy (non-hydrogen) atoms. The average molecular weight is 571 g/mol. The monoisotopic (exact) mass is 570 g/mol. The van der Waals surface area contributed by atoms with Crippen molar-refractivity contribution >= 4 is 28.9 Å². The van der Waals surface area contributed by atoms with Crippen LogP contribution >= 0.6 is 0 Å². The van der Waals surface area contributed by atoms with Gasteiger partial charge in [-0.1, -0.05) is 30.3 Å². The second-order valence-electron chi connectivity index (χ2n) is 10.1. The first-order valence-corrected chi connectivity index (χ1v) is 13.4. The van der Waals surface area contributed by atoms with E-state index in [1.807, 2.05) is 42.6 Å². The maximum atomic E-state index is 13.2. The predicted molar refractivity (Wildman–Crippen MR) is 155 cm³/mol. The zero-order valence-electron chi connectivity index (χ0n) is 22.7. The van der Waals surface area contributed by atoms with E-state index in [-0.39, 0.29) is 31.2 Å². The highest BCUT2D eigenvalue weighted by Gasteiger charge is 2.32. The molecule has 1 aliphatic heterocycles. The molecule has 1 unspecified atom stereocenters. The predicted octanol–water partition coefficient (Wildman–Crippen LogP) is 5.11. The first-order chi connectivity index (χ1) is 20.3. The number of nitrogens with one attached hydrogen (secondary N) is 2. The number of methoxy groups -OCH3 is 1. The van der Waals surface area contributed by atoms with Crippen molar-refractivity contribution < 1.29 is 23.4 Å². The Balaban J connectivity index is 1.12. The fraction of sp³-hybridized carbons (Fsp3) is 0.194. The summed E-state index contributed by atoms with van der Waals surface area (Å²) in [7, 11) is 1.53. The van der Waals surface area contributed by atoms with E-state index < -0.39 is 12.4 Å². The number of alkyl halides is 1. The molecule has 3 N–H and O–H groups in total. The summed E-state index contributed by atoms with van der Waals surface area (Å²) in [6, 6.07) is 22.3. The average Bonchev–Trinajstić information content (AvgIpc) is 3.38. The van der Waals surface area contributed by atoms with Crippen LogP contribution in [-0.4, -0.2) is 56.9 Å². The molecule has 9 nitrogen and oxygen atoms in total. The number of hydrogen-bond acceptors (Lipinski definition) is 7. The van der Waals surface area contributed by atoms with Gasteiger partial charge in [-0.3, -0.25) is 9.69 Å². The van der Waals surface area contributed by atoms with Crippen LogP contribution in [0.1, 0.15) is 17.4 Å². The van der Waals surface area contributed by atoms with Crippen LogP contribution in [0.4, 0.5) is 26.1 Å². The molecular formula is C31H28F2N6O3. The molecule has 1 amide bonds. The summed E-state index contributed by atoms with van der Waals surface area (Å²) >= 11 is 0. The summed E-state index contributed by atoms with van der Waals surface area (Å²) < 4.78 is 33.5. The topological polar surface area (TPSA) is 104 Å². The number of rotatable bonds is 9. The highest BCUT2D eigenvalue weighted by Crippen LogP contribution is 2.33. The number of amides is 1. The number of anilines is 3. The molecule has 0 aliphatic carbocycles. The minimum Gasteiger partial charge on any atom is -0.495 e. The Morgan fingerprint density at radius 3 is 2.50 bits per heavy atom. The van der Waals surface area contributed by atoms with Crippen molar-refractivity contribution in [1.82, 2.24) is 19.5 Å². The van der Waals surface area contributed by atoms with Gasteiger partial charge < -0.3 is 20.5 Å². The number of likely N-dealkylation sites (tertiary alicyclic amines) is 1. The van der Waals surface area contributed by atoms with Crippen molar-refractivity contribution in [2.75, 3.05) is 30.8 Å². The second-order valence-corrected chi connectivity index (χ2v) is 10.1. The molecule has 1 fully saturated rings. The highest BCUT2D eigenvalue weighted by atomic mass is 19.1. The number of aromatic nitrogens is 3. The molecule has 11 heteroatoms. The molecule has 2 aromatic heterocycles. The number of benzene rings is 3. The van der Waals surface area contributed by atoms with E-state index in [1.165, 1.54) is 19.2 Å². The third kappa shape index (κ3) is 5.92. The molecule has 3 aromatic carbocycles. The number of hydrogen-bond donors (Lipinski definition) is 3. The minimum atomic E-state index is -0.906. The molecule has 0 spiro atoms. The minimum absolute atomic E-state index is 0.152. The van der Waals surface area contributed by atoms with Crippen LogP contribution in [0.15, 0.2) is 85.1 Å². The lowest BCUT2D eigenvalue weighted by molar-refractivity contribution is -0.115. The summed E-state index contributed by atoms with van der Waals surface area (Å²) in [5, 5.41) is 21.1. The normalized spacial score (nSPS) is 14.4. The Morgan fingerprint density at radius 2 is 1.79 bits per heavy atom. The standard InChI is InChI=1S/C31H28F2N6O3/c1-42-27-15-21(30(41)38-17-24(33)18-38)6-12-26(27)35-31-36-28-13-7-22(16-39(28)37-31)20-4-10-25(11-5-20)34-29(40)14-19-2-8-23(32)9-3-19/h2-13,15-16,24,30,41H,14,17-18H2,1H3,(H,34,40)(H,35,37). The van der Waals surface area contributed by atoms with E-state index in [2.05, 4.69) is 20.7 Å². The zero-order valence-corrected chi connectivity index (χ0v) is 22.7. The smallest absolute Gasteiger partial charge is 0.247 e. The van der Waals surface area contributed by atoms with Gasteiger partial charge in [0.05, 0.1) is 19.2 Å². The van der Waals surface area contributed by atoms with Gasteiger partial charge in [0, 0.05) is 30.5 Å². The second kappa shape index (κ2) is 11.6. The van der Waals surface area contributed by atoms with Crippen molar-refractivity contribution in [2.45, 2.75) is 18.8 Å². The SMILES string of the molecule is COc1cc(C(O)N2CC(F)C2)ccc1Nc1nc2ccc(-c3ccc(NC(=O)Cc4ccc(F)cc4)cc3)cn2n1. The summed E-state index contributed by atoms with van der Waals surface area (Å²) in [5.41, 5.74) is 5.08. The summed E-state index contributed by atoms with van der Waals surface area (Å²) in [4.78, 5) is 18.6. The van der Waals surface area contributed by atoms with Gasteiger partial charge in [-0.2, -0.15) is 4.98 Å². The molecule has 6 rings (SSSR count). The largest absolute Gasteiger partial charge is 0.495 e. The Hall–Kier alpha value is -4.87. The first-order valence-electron chi connectivity index (χ1n) is 13.4. The number of nitrogens with zero attached hydrogens (tertiary/aromatic N) is 4. The lowest BCUT2D eigenvalue weighted by atomic mass is 10.1. The summed E-state index contributed by atoms with van der Waals surface area (Å²) in [5.74, 6) is 0.331. The molecule has 1 saturated heterocycles. The van der Waals surface area contributed by atoms with E-state index in [9.17, 15) is 18.7 Å². The third-order valence-electron chi connectivity index (χ3n) is 7.09. The molecule has 1 aliphatic rings. The van der Waals surface area contributed by atoms with Crippen molar-refractivity contribution in [3.63, 3.8) is 0 Å². The number of ether oxygens (including phenoxy) is 1. The third-order valence-corrected chi connectivity index (χ3v) is 7.09. The van der Waals surface area contributed by atoms with Gasteiger partial charge in [0.1, 0.15) is 24.0 Å². The van der Waals surface area contributed by atoms with Gasteiger partial charge in [-0.25, -0.2) is 13.3 Å². The number of fused-ring (bicyclic) bond motifs is 1. The Labute approximate surface area is 240 Å². The Morgan fingerprint density at radius 1 is 1.05 bits per heavy atom. The van der Waals surface area contributed by atoms with E-state index in [0.29, 0.717) is 34.3 Å². The lowest BCUT2D eigenvalue weighted by Crippen LogP contribution is -2.49. The fourth-order valence-corrected chi connectivity index (χ4v) is 4.80. The number of halogens is 2. The number of aliphatic hydroxyl groups is 1. The Bertz CT molecular complexity index is 1720. The molecule has 0 bridgehead atoms. The molecule has 1 atom stereocenters. The molecular weight excluding hydrogens is 542 g/mol. The van der Waals surface area contributed by atoms with Crippen molar-refractivity contribution in [1.29, 1.82) is 0 Å². The van der Waals surface area contributed by atoms with Gasteiger partial charge in [-0.05, 0) is 65.2 Å². The van der Waals surface area contributed by atoms with E-state index >= 15 is 0 Å². The van der Waals surface area contributed by atoms with Crippen molar-refractivity contribution in [2.24, 2.45) is 0 Å². The highest BCUT2D eigenvalue weighted by molar-refractivity contribution is 5.92. The van der Waals surface area contributed by atoms with Gasteiger partial charge in [0.15, 0.2) is 5.65 Å². The molecule has 5 aromatic rings. The van der Waals surface area contributed by atoms with Gasteiger partial charge in [0.2, 0.25) is 11.9 Å². The Kier molecular flexibility index (Phi) is 7.51. The zero-order chi connectivity index (χ0) is 29.2. The molecule has 214 valence electrons. The van der Waals surface area contributed by atoms with Gasteiger partial charge in [-0.15, -0.1) is 5.10 Å². The maximum Gasteiger partial charge on any atom is 0.247 e. The van der Waals surface area contributed by atoms with Crippen LogP contribution in [0.3, 0.4) is 0 Å². The van der Waals surface area contributed by atoms with E-state index in [4.69, 9.17) is 4.74 Å². The molecule has 3 heterocycles. The van der Waals surface area contributed by atoms with Gasteiger partial charge in [0.25, 0.3) is 0 Å².